The van der Waals surface area contributed by atoms with Crippen LogP contribution in [0.2, 0.25) is 0 Å². The van der Waals surface area contributed by atoms with Crippen LogP contribution >= 0.6 is 0 Å². The SMILES string of the molecule is COc1ccc2c(c1NS(=O)(=O)c1ccccc1[N+](=O)[O-])CC(C)(C)c1c(N)ncnc1-2. The van der Waals surface area contributed by atoms with Crippen LogP contribution in [-0.2, 0) is 21.9 Å². The Labute approximate surface area is 184 Å². The fourth-order valence-corrected chi connectivity index (χ4v) is 5.42. The average Bonchev–Trinajstić information content (AvgIpc) is 2.73. The summed E-state index contributed by atoms with van der Waals surface area (Å²) < 4.78 is 34.4. The first kappa shape index (κ1) is 21.5. The number of nitrogens with two attached hydrogens (primary N) is 1. The number of para-hydroxylation sites is 1. The zero-order chi connectivity index (χ0) is 23.3. The van der Waals surface area contributed by atoms with Crippen LogP contribution in [0.5, 0.6) is 5.75 Å². The molecule has 0 saturated carbocycles. The molecular weight excluding hydrogens is 434 g/mol. The highest BCUT2D eigenvalue weighted by Gasteiger charge is 2.37. The zero-order valence-electron chi connectivity index (χ0n) is 17.6. The highest BCUT2D eigenvalue weighted by molar-refractivity contribution is 7.92. The molecule has 3 aromatic rings. The van der Waals surface area contributed by atoms with Gasteiger partial charge in [0.15, 0.2) is 4.90 Å². The van der Waals surface area contributed by atoms with Crippen molar-refractivity contribution in [1.82, 2.24) is 9.97 Å². The Hall–Kier alpha value is -3.73. The molecular formula is C21H21N5O5S. The first-order valence-corrected chi connectivity index (χ1v) is 11.1. The number of nitrogen functional groups attached to an aromatic ring is 1. The van der Waals surface area contributed by atoms with E-state index >= 15 is 0 Å². The number of hydrogen-bond acceptors (Lipinski definition) is 8. The quantitative estimate of drug-likeness (QED) is 0.439. The van der Waals surface area contributed by atoms with E-state index in [1.54, 1.807) is 12.1 Å². The van der Waals surface area contributed by atoms with Crippen molar-refractivity contribution in [1.29, 1.82) is 0 Å². The summed E-state index contributed by atoms with van der Waals surface area (Å²) >= 11 is 0. The van der Waals surface area contributed by atoms with E-state index in [0.29, 0.717) is 29.1 Å². The average molecular weight is 455 g/mol. The van der Waals surface area contributed by atoms with E-state index in [4.69, 9.17) is 10.5 Å². The van der Waals surface area contributed by atoms with Crippen LogP contribution < -0.4 is 15.2 Å². The van der Waals surface area contributed by atoms with Gasteiger partial charge in [-0.1, -0.05) is 26.0 Å². The molecule has 0 atom stereocenters. The van der Waals surface area contributed by atoms with Crippen molar-refractivity contribution in [2.45, 2.75) is 30.6 Å². The number of hydrogen-bond donors (Lipinski definition) is 2. The van der Waals surface area contributed by atoms with Gasteiger partial charge in [0.2, 0.25) is 0 Å². The molecule has 2 aromatic carbocycles. The van der Waals surface area contributed by atoms with Crippen LogP contribution in [0.15, 0.2) is 47.6 Å². The van der Waals surface area contributed by atoms with Gasteiger partial charge in [-0.15, -0.1) is 0 Å². The Bertz CT molecular complexity index is 1350. The summed E-state index contributed by atoms with van der Waals surface area (Å²) in [4.78, 5) is 18.7. The maximum Gasteiger partial charge on any atom is 0.289 e. The number of aromatic nitrogens is 2. The zero-order valence-corrected chi connectivity index (χ0v) is 18.4. The van der Waals surface area contributed by atoms with Crippen molar-refractivity contribution in [2.75, 3.05) is 17.6 Å². The summed E-state index contributed by atoms with van der Waals surface area (Å²) in [6, 6.07) is 8.58. The minimum atomic E-state index is -4.31. The van der Waals surface area contributed by atoms with Crippen molar-refractivity contribution < 1.29 is 18.1 Å². The van der Waals surface area contributed by atoms with E-state index in [9.17, 15) is 18.5 Å². The Kier molecular flexibility index (Phi) is 5.00. The molecule has 1 aliphatic rings. The minimum Gasteiger partial charge on any atom is -0.495 e. The number of benzene rings is 2. The predicted octanol–water partition coefficient (Wildman–Crippen LogP) is 3.28. The summed E-state index contributed by atoms with van der Waals surface area (Å²) in [6.45, 7) is 3.93. The number of nitro benzene ring substituents is 1. The highest BCUT2D eigenvalue weighted by atomic mass is 32.2. The van der Waals surface area contributed by atoms with Gasteiger partial charge in [-0.05, 0) is 35.6 Å². The second-order valence-corrected chi connectivity index (χ2v) is 9.69. The maximum absolute atomic E-state index is 13.2. The summed E-state index contributed by atoms with van der Waals surface area (Å²) in [5.74, 6) is 0.649. The van der Waals surface area contributed by atoms with Gasteiger partial charge in [-0.3, -0.25) is 14.8 Å². The molecule has 4 rings (SSSR count). The van der Waals surface area contributed by atoms with Crippen LogP contribution in [-0.4, -0.2) is 30.4 Å². The fraction of sp³-hybridized carbons (Fsp3) is 0.238. The molecule has 10 nitrogen and oxygen atoms in total. The van der Waals surface area contributed by atoms with E-state index in [2.05, 4.69) is 14.7 Å². The number of nitro groups is 1. The molecule has 0 amide bonds. The molecule has 0 radical (unpaired) electrons. The molecule has 0 aliphatic heterocycles. The molecule has 0 spiro atoms. The normalized spacial score (nSPS) is 14.2. The van der Waals surface area contributed by atoms with Crippen LogP contribution in [0.3, 0.4) is 0 Å². The van der Waals surface area contributed by atoms with Gasteiger partial charge in [-0.2, -0.15) is 0 Å². The number of ether oxygens (including phenoxy) is 1. The van der Waals surface area contributed by atoms with Gasteiger partial charge in [0, 0.05) is 17.2 Å². The molecule has 1 aliphatic carbocycles. The van der Waals surface area contributed by atoms with Crippen molar-refractivity contribution in [2.24, 2.45) is 0 Å². The van der Waals surface area contributed by atoms with Crippen molar-refractivity contribution >= 4 is 27.2 Å². The standard InChI is InChI=1S/C21H21N5O5S/c1-21(2)10-13-12(19-17(21)20(22)24-11-23-19)8-9-15(31-3)18(13)25-32(29,30)16-7-5-4-6-14(16)26(27)28/h4-9,11,25H,10H2,1-3H3,(H2,22,23,24). The molecule has 11 heteroatoms. The van der Waals surface area contributed by atoms with Gasteiger partial charge in [0.05, 0.1) is 23.4 Å². The second-order valence-electron chi connectivity index (χ2n) is 8.04. The third-order valence-electron chi connectivity index (χ3n) is 5.51. The monoisotopic (exact) mass is 455 g/mol. The third-order valence-corrected chi connectivity index (χ3v) is 6.91. The summed E-state index contributed by atoms with van der Waals surface area (Å²) in [5.41, 5.74) is 8.06. The third kappa shape index (κ3) is 3.40. The Morgan fingerprint density at radius 1 is 1.19 bits per heavy atom. The molecule has 1 heterocycles. The number of anilines is 2. The van der Waals surface area contributed by atoms with E-state index in [1.807, 2.05) is 13.8 Å². The van der Waals surface area contributed by atoms with E-state index in [0.717, 1.165) is 11.6 Å². The smallest absolute Gasteiger partial charge is 0.289 e. The van der Waals surface area contributed by atoms with Crippen molar-refractivity contribution in [3.8, 4) is 17.0 Å². The number of nitrogens with one attached hydrogen (secondary N) is 1. The largest absolute Gasteiger partial charge is 0.495 e. The number of sulfonamides is 1. The number of nitrogens with zero attached hydrogens (tertiary/aromatic N) is 3. The lowest BCUT2D eigenvalue weighted by molar-refractivity contribution is -0.387. The molecule has 0 saturated heterocycles. The second kappa shape index (κ2) is 7.45. The molecule has 1 aromatic heterocycles. The Morgan fingerprint density at radius 2 is 1.91 bits per heavy atom. The Balaban J connectivity index is 1.93. The summed E-state index contributed by atoms with van der Waals surface area (Å²) in [6.07, 6.45) is 1.78. The van der Waals surface area contributed by atoms with Crippen molar-refractivity contribution in [3.63, 3.8) is 0 Å². The van der Waals surface area contributed by atoms with Crippen LogP contribution in [0.1, 0.15) is 25.0 Å². The maximum atomic E-state index is 13.2. The molecule has 0 fully saturated rings. The fourth-order valence-electron chi connectivity index (χ4n) is 4.14. The molecule has 32 heavy (non-hydrogen) atoms. The van der Waals surface area contributed by atoms with E-state index in [1.165, 1.54) is 31.6 Å². The first-order chi connectivity index (χ1) is 15.1. The number of methoxy groups -OCH3 is 1. The topological polar surface area (TPSA) is 150 Å². The van der Waals surface area contributed by atoms with Gasteiger partial charge < -0.3 is 10.5 Å². The first-order valence-electron chi connectivity index (χ1n) is 9.64. The van der Waals surface area contributed by atoms with Crippen LogP contribution in [0.4, 0.5) is 17.2 Å². The minimum absolute atomic E-state index is 0.207. The summed E-state index contributed by atoms with van der Waals surface area (Å²) in [7, 11) is -2.88. The van der Waals surface area contributed by atoms with Crippen LogP contribution in [0, 0.1) is 10.1 Å². The molecule has 0 bridgehead atoms. The van der Waals surface area contributed by atoms with E-state index in [-0.39, 0.29) is 11.4 Å². The van der Waals surface area contributed by atoms with Crippen LogP contribution in [0.25, 0.3) is 11.3 Å². The molecule has 0 unspecified atom stereocenters. The lowest BCUT2D eigenvalue weighted by Gasteiger charge is -2.35. The van der Waals surface area contributed by atoms with Gasteiger partial charge in [-0.25, -0.2) is 18.4 Å². The van der Waals surface area contributed by atoms with Gasteiger partial charge in [0.1, 0.15) is 17.9 Å². The lowest BCUT2D eigenvalue weighted by atomic mass is 9.71. The number of fused-ring (bicyclic) bond motifs is 3. The van der Waals surface area contributed by atoms with Crippen molar-refractivity contribution in [3.05, 3.63) is 64.0 Å². The Morgan fingerprint density at radius 3 is 2.59 bits per heavy atom. The lowest BCUT2D eigenvalue weighted by Crippen LogP contribution is -2.29. The van der Waals surface area contributed by atoms with Gasteiger partial charge in [0.25, 0.3) is 15.7 Å². The highest BCUT2D eigenvalue weighted by Crippen LogP contribution is 2.48. The molecule has 166 valence electrons. The molecule has 3 N–H and O–H groups in total. The number of rotatable bonds is 5. The van der Waals surface area contributed by atoms with Gasteiger partial charge >= 0.3 is 0 Å². The van der Waals surface area contributed by atoms with E-state index < -0.39 is 30.9 Å². The summed E-state index contributed by atoms with van der Waals surface area (Å²) in [5, 5.41) is 11.4. The predicted molar refractivity (Wildman–Crippen MR) is 119 cm³/mol.